The Morgan fingerprint density at radius 3 is 2.55 bits per heavy atom. The van der Waals surface area contributed by atoms with Crippen LogP contribution in [-0.2, 0) is 4.79 Å². The quantitative estimate of drug-likeness (QED) is 0.842. The van der Waals surface area contributed by atoms with Crippen LogP contribution in [0.2, 0.25) is 0 Å². The number of fused-ring (bicyclic) bond motifs is 2. The van der Waals surface area contributed by atoms with Gasteiger partial charge < -0.3 is 11.1 Å². The van der Waals surface area contributed by atoms with Gasteiger partial charge in [-0.05, 0) is 63.2 Å². The predicted molar refractivity (Wildman–Crippen MR) is 83.7 cm³/mol. The topological polar surface area (TPSA) is 55.1 Å². The fraction of sp³-hybridized carbons (Fsp3) is 0.938. The molecule has 0 aromatic rings. The third-order valence-electron chi connectivity index (χ3n) is 5.89. The smallest absolute Gasteiger partial charge is 0.223 e. The molecule has 6 unspecified atom stereocenters. The van der Waals surface area contributed by atoms with E-state index in [9.17, 15) is 4.79 Å². The zero-order valence-corrected chi connectivity index (χ0v) is 13.3. The predicted octanol–water partition coefficient (Wildman–Crippen LogP) is 2.87. The lowest BCUT2D eigenvalue weighted by Crippen LogP contribution is -2.45. The standard InChI is InChI=1S/C16H28N2O.ClH/c1-10(15-8-11-5-6-12(15)7-11)18-16(19)13-3-2-4-14(17)9-13;/h10-15H,2-9,17H2,1H3,(H,18,19);1H. The van der Waals surface area contributed by atoms with E-state index >= 15 is 0 Å². The molecule has 0 aromatic carbocycles. The maximum absolute atomic E-state index is 12.4. The number of amides is 1. The van der Waals surface area contributed by atoms with Gasteiger partial charge >= 0.3 is 0 Å². The van der Waals surface area contributed by atoms with Crippen LogP contribution in [0, 0.1) is 23.7 Å². The summed E-state index contributed by atoms with van der Waals surface area (Å²) in [7, 11) is 0. The molecule has 3 N–H and O–H groups in total. The first-order valence-corrected chi connectivity index (χ1v) is 8.19. The summed E-state index contributed by atoms with van der Waals surface area (Å²) < 4.78 is 0. The van der Waals surface area contributed by atoms with Crippen LogP contribution in [0.1, 0.15) is 58.3 Å². The number of hydrogen-bond acceptors (Lipinski definition) is 2. The highest BCUT2D eigenvalue weighted by Gasteiger charge is 2.42. The van der Waals surface area contributed by atoms with Crippen LogP contribution < -0.4 is 11.1 Å². The Bertz CT molecular complexity index is 349. The van der Waals surface area contributed by atoms with Crippen molar-refractivity contribution in [1.29, 1.82) is 0 Å². The van der Waals surface area contributed by atoms with Crippen molar-refractivity contribution in [3.63, 3.8) is 0 Å². The summed E-state index contributed by atoms with van der Waals surface area (Å²) >= 11 is 0. The van der Waals surface area contributed by atoms with Crippen molar-refractivity contribution in [1.82, 2.24) is 5.32 Å². The number of halogens is 1. The maximum Gasteiger partial charge on any atom is 0.223 e. The first-order valence-electron chi connectivity index (χ1n) is 8.19. The van der Waals surface area contributed by atoms with Gasteiger partial charge in [-0.3, -0.25) is 4.79 Å². The van der Waals surface area contributed by atoms with Gasteiger partial charge in [-0.25, -0.2) is 0 Å². The van der Waals surface area contributed by atoms with Gasteiger partial charge in [0.1, 0.15) is 0 Å². The van der Waals surface area contributed by atoms with Gasteiger partial charge in [0.2, 0.25) is 5.91 Å². The van der Waals surface area contributed by atoms with Crippen LogP contribution in [0.3, 0.4) is 0 Å². The Morgan fingerprint density at radius 2 is 1.95 bits per heavy atom. The van der Waals surface area contributed by atoms with Gasteiger partial charge in [0, 0.05) is 18.0 Å². The highest BCUT2D eigenvalue weighted by molar-refractivity contribution is 5.85. The SMILES string of the molecule is CC(NC(=O)C1CCCC(N)C1)C1CC2CCC1C2.Cl. The number of hydrogen-bond donors (Lipinski definition) is 2. The van der Waals surface area contributed by atoms with Gasteiger partial charge in [-0.15, -0.1) is 12.4 Å². The molecule has 6 atom stereocenters. The van der Waals surface area contributed by atoms with Crippen LogP contribution in [0.4, 0.5) is 0 Å². The average molecular weight is 301 g/mol. The van der Waals surface area contributed by atoms with E-state index in [4.69, 9.17) is 5.73 Å². The minimum atomic E-state index is 0. The minimum absolute atomic E-state index is 0. The zero-order valence-electron chi connectivity index (χ0n) is 12.5. The molecule has 3 nitrogen and oxygen atoms in total. The van der Waals surface area contributed by atoms with Gasteiger partial charge in [-0.2, -0.15) is 0 Å². The van der Waals surface area contributed by atoms with Crippen LogP contribution in [0.5, 0.6) is 0 Å². The van der Waals surface area contributed by atoms with Crippen molar-refractivity contribution in [2.75, 3.05) is 0 Å². The zero-order chi connectivity index (χ0) is 13.4. The molecule has 1 amide bonds. The minimum Gasteiger partial charge on any atom is -0.353 e. The Labute approximate surface area is 128 Å². The Morgan fingerprint density at radius 1 is 1.15 bits per heavy atom. The molecule has 2 bridgehead atoms. The monoisotopic (exact) mass is 300 g/mol. The fourth-order valence-electron chi connectivity index (χ4n) is 4.82. The highest BCUT2D eigenvalue weighted by Crippen LogP contribution is 2.49. The molecule has 0 aliphatic heterocycles. The van der Waals surface area contributed by atoms with Crippen LogP contribution in [-0.4, -0.2) is 18.0 Å². The second-order valence-corrected chi connectivity index (χ2v) is 7.26. The molecule has 3 saturated carbocycles. The number of nitrogens with one attached hydrogen (secondary N) is 1. The molecule has 4 heteroatoms. The summed E-state index contributed by atoms with van der Waals surface area (Å²) in [4.78, 5) is 12.4. The largest absolute Gasteiger partial charge is 0.353 e. The summed E-state index contributed by atoms with van der Waals surface area (Å²) in [5.41, 5.74) is 5.99. The lowest BCUT2D eigenvalue weighted by atomic mass is 9.82. The van der Waals surface area contributed by atoms with E-state index in [0.29, 0.717) is 6.04 Å². The summed E-state index contributed by atoms with van der Waals surface area (Å²) in [6.45, 7) is 2.21. The molecule has 3 rings (SSSR count). The van der Waals surface area contributed by atoms with Crippen molar-refractivity contribution in [3.05, 3.63) is 0 Å². The molecule has 0 heterocycles. The van der Waals surface area contributed by atoms with E-state index in [2.05, 4.69) is 12.2 Å². The number of nitrogens with two attached hydrogens (primary N) is 1. The third kappa shape index (κ3) is 3.30. The molecule has 116 valence electrons. The molecule has 0 radical (unpaired) electrons. The summed E-state index contributed by atoms with van der Waals surface area (Å²) in [6, 6.07) is 0.600. The van der Waals surface area contributed by atoms with E-state index < -0.39 is 0 Å². The van der Waals surface area contributed by atoms with Crippen molar-refractivity contribution in [2.45, 2.75) is 70.4 Å². The lowest BCUT2D eigenvalue weighted by molar-refractivity contribution is -0.127. The molecule has 0 saturated heterocycles. The molecule has 3 fully saturated rings. The Hall–Kier alpha value is -0.280. The second-order valence-electron chi connectivity index (χ2n) is 7.26. The van der Waals surface area contributed by atoms with Crippen molar-refractivity contribution < 1.29 is 4.79 Å². The van der Waals surface area contributed by atoms with Crippen molar-refractivity contribution in [2.24, 2.45) is 29.4 Å². The summed E-state index contributed by atoms with van der Waals surface area (Å²) in [6.07, 6.45) is 9.70. The van der Waals surface area contributed by atoms with Crippen molar-refractivity contribution in [3.8, 4) is 0 Å². The Kier molecular flexibility index (Phi) is 5.36. The van der Waals surface area contributed by atoms with Crippen LogP contribution >= 0.6 is 12.4 Å². The van der Waals surface area contributed by atoms with Gasteiger partial charge in [-0.1, -0.05) is 12.8 Å². The highest BCUT2D eigenvalue weighted by atomic mass is 35.5. The molecule has 3 aliphatic rings. The van der Waals surface area contributed by atoms with Crippen LogP contribution in [0.15, 0.2) is 0 Å². The van der Waals surface area contributed by atoms with Gasteiger partial charge in [0.15, 0.2) is 0 Å². The Balaban J connectivity index is 0.00000147. The molecular formula is C16H29ClN2O. The number of carbonyl (C=O) groups is 1. The first-order chi connectivity index (χ1) is 9.13. The van der Waals surface area contributed by atoms with E-state index in [1.165, 1.54) is 25.7 Å². The molecule has 0 aromatic heterocycles. The van der Waals surface area contributed by atoms with E-state index in [-0.39, 0.29) is 30.3 Å². The maximum atomic E-state index is 12.4. The second kappa shape index (κ2) is 6.65. The third-order valence-corrected chi connectivity index (χ3v) is 5.89. The van der Waals surface area contributed by atoms with E-state index in [1.807, 2.05) is 0 Å². The van der Waals surface area contributed by atoms with E-state index in [0.717, 1.165) is 43.4 Å². The van der Waals surface area contributed by atoms with Gasteiger partial charge in [0.05, 0.1) is 0 Å². The van der Waals surface area contributed by atoms with Crippen molar-refractivity contribution >= 4 is 18.3 Å². The van der Waals surface area contributed by atoms with Crippen LogP contribution in [0.25, 0.3) is 0 Å². The lowest BCUT2D eigenvalue weighted by Gasteiger charge is -2.31. The number of carbonyl (C=O) groups excluding carboxylic acids is 1. The fourth-order valence-corrected chi connectivity index (χ4v) is 4.82. The number of rotatable bonds is 3. The first kappa shape index (κ1) is 16.1. The molecule has 3 aliphatic carbocycles. The molecule has 0 spiro atoms. The normalized spacial score (nSPS) is 41.0. The van der Waals surface area contributed by atoms with Gasteiger partial charge in [0.25, 0.3) is 0 Å². The van der Waals surface area contributed by atoms with E-state index in [1.54, 1.807) is 0 Å². The molecular weight excluding hydrogens is 272 g/mol. The average Bonchev–Trinajstić information content (AvgIpc) is 3.00. The summed E-state index contributed by atoms with van der Waals surface area (Å²) in [5, 5.41) is 3.30. The molecule has 20 heavy (non-hydrogen) atoms. The summed E-state index contributed by atoms with van der Waals surface area (Å²) in [5.74, 6) is 3.02.